The first-order chi connectivity index (χ1) is 14.0. The maximum absolute atomic E-state index is 13.1. The molecule has 0 radical (unpaired) electrons. The fourth-order valence-corrected chi connectivity index (χ4v) is 3.57. The van der Waals surface area contributed by atoms with E-state index in [-0.39, 0.29) is 17.3 Å². The Hall–Kier alpha value is -2.84. The number of ether oxygens (including phenoxy) is 1. The molecular weight excluding hydrogens is 393 g/mol. The highest BCUT2D eigenvalue weighted by molar-refractivity contribution is 7.89. The molecular formula is C21H22FN3O3S. The number of aromatic nitrogens is 2. The summed E-state index contributed by atoms with van der Waals surface area (Å²) in [5, 5.41) is 0. The van der Waals surface area contributed by atoms with Crippen molar-refractivity contribution in [2.24, 2.45) is 0 Å². The van der Waals surface area contributed by atoms with Gasteiger partial charge in [0.15, 0.2) is 0 Å². The van der Waals surface area contributed by atoms with E-state index in [0.717, 1.165) is 18.4 Å². The number of hydrogen-bond donors (Lipinski definition) is 1. The van der Waals surface area contributed by atoms with Gasteiger partial charge in [-0.1, -0.05) is 13.3 Å². The van der Waals surface area contributed by atoms with Crippen molar-refractivity contribution >= 4 is 10.0 Å². The minimum atomic E-state index is -3.70. The van der Waals surface area contributed by atoms with Gasteiger partial charge in [-0.2, -0.15) is 0 Å². The lowest BCUT2D eigenvalue weighted by Gasteiger charge is -2.09. The van der Waals surface area contributed by atoms with E-state index in [1.165, 1.54) is 30.6 Å². The molecule has 0 aliphatic rings. The van der Waals surface area contributed by atoms with Crippen molar-refractivity contribution < 1.29 is 17.5 Å². The second-order valence-electron chi connectivity index (χ2n) is 6.40. The molecule has 3 rings (SSSR count). The maximum atomic E-state index is 13.1. The highest BCUT2D eigenvalue weighted by atomic mass is 32.2. The monoisotopic (exact) mass is 415 g/mol. The molecule has 0 aliphatic carbocycles. The molecule has 0 saturated carbocycles. The van der Waals surface area contributed by atoms with Crippen LogP contribution in [0.4, 0.5) is 4.39 Å². The number of benzene rings is 2. The largest absolute Gasteiger partial charge is 0.494 e. The molecule has 3 aromatic rings. The van der Waals surface area contributed by atoms with Crippen LogP contribution in [0.15, 0.2) is 65.8 Å². The van der Waals surface area contributed by atoms with Gasteiger partial charge in [0.25, 0.3) is 0 Å². The predicted molar refractivity (Wildman–Crippen MR) is 108 cm³/mol. The molecule has 0 bridgehead atoms. The summed E-state index contributed by atoms with van der Waals surface area (Å²) in [4.78, 5) is 8.41. The molecule has 6 nitrogen and oxygen atoms in total. The average Bonchev–Trinajstić information content (AvgIpc) is 2.74. The molecule has 0 amide bonds. The molecule has 1 N–H and O–H groups in total. The molecule has 1 aromatic heterocycles. The predicted octanol–water partition coefficient (Wildman–Crippen LogP) is 3.94. The van der Waals surface area contributed by atoms with Crippen LogP contribution in [0.3, 0.4) is 0 Å². The Morgan fingerprint density at radius 3 is 2.45 bits per heavy atom. The zero-order valence-corrected chi connectivity index (χ0v) is 16.8. The van der Waals surface area contributed by atoms with Crippen LogP contribution in [0.2, 0.25) is 0 Å². The van der Waals surface area contributed by atoms with E-state index < -0.39 is 10.0 Å². The molecule has 0 saturated heterocycles. The van der Waals surface area contributed by atoms with Crippen molar-refractivity contribution in [3.8, 4) is 17.0 Å². The zero-order chi connectivity index (χ0) is 20.7. The average molecular weight is 415 g/mol. The summed E-state index contributed by atoms with van der Waals surface area (Å²) < 4.78 is 46.2. The van der Waals surface area contributed by atoms with E-state index in [1.807, 2.05) is 0 Å². The van der Waals surface area contributed by atoms with Crippen LogP contribution < -0.4 is 9.46 Å². The van der Waals surface area contributed by atoms with Crippen molar-refractivity contribution in [1.29, 1.82) is 0 Å². The lowest BCUT2D eigenvalue weighted by molar-refractivity contribution is 0.309. The number of rotatable bonds is 9. The van der Waals surface area contributed by atoms with Crippen LogP contribution >= 0.6 is 0 Å². The Kier molecular flexibility index (Phi) is 6.90. The fraction of sp³-hybridized carbons (Fsp3) is 0.238. The molecule has 0 spiro atoms. The summed E-state index contributed by atoms with van der Waals surface area (Å²) in [5.41, 5.74) is 1.81. The van der Waals surface area contributed by atoms with E-state index >= 15 is 0 Å². The van der Waals surface area contributed by atoms with Gasteiger partial charge in [0, 0.05) is 5.56 Å². The summed E-state index contributed by atoms with van der Waals surface area (Å²) in [6, 6.07) is 13.9. The van der Waals surface area contributed by atoms with Crippen LogP contribution in [-0.2, 0) is 16.6 Å². The smallest absolute Gasteiger partial charge is 0.240 e. The summed E-state index contributed by atoms with van der Waals surface area (Å²) in [7, 11) is -3.70. The Morgan fingerprint density at radius 1 is 1.03 bits per heavy atom. The van der Waals surface area contributed by atoms with Gasteiger partial charge in [0.1, 0.15) is 17.9 Å². The highest BCUT2D eigenvalue weighted by Crippen LogP contribution is 2.19. The van der Waals surface area contributed by atoms with E-state index in [9.17, 15) is 12.8 Å². The van der Waals surface area contributed by atoms with Crippen LogP contribution in [0.5, 0.6) is 5.75 Å². The van der Waals surface area contributed by atoms with Crippen LogP contribution in [0, 0.1) is 5.82 Å². The van der Waals surface area contributed by atoms with Crippen molar-refractivity contribution in [2.45, 2.75) is 31.2 Å². The van der Waals surface area contributed by atoms with E-state index in [1.54, 1.807) is 30.3 Å². The number of halogens is 1. The fourth-order valence-electron chi connectivity index (χ4n) is 2.57. The number of hydrogen-bond acceptors (Lipinski definition) is 5. The Morgan fingerprint density at radius 2 is 1.76 bits per heavy atom. The third-order valence-electron chi connectivity index (χ3n) is 4.21. The number of unbranched alkanes of at least 4 members (excludes halogenated alkanes) is 1. The van der Waals surface area contributed by atoms with Crippen LogP contribution in [0.25, 0.3) is 11.3 Å². The van der Waals surface area contributed by atoms with Gasteiger partial charge in [0.05, 0.1) is 29.4 Å². The van der Waals surface area contributed by atoms with Gasteiger partial charge in [-0.15, -0.1) is 0 Å². The lowest BCUT2D eigenvalue weighted by atomic mass is 10.1. The van der Waals surface area contributed by atoms with Crippen LogP contribution in [-0.4, -0.2) is 25.0 Å². The molecule has 0 fully saturated rings. The van der Waals surface area contributed by atoms with Gasteiger partial charge < -0.3 is 4.74 Å². The number of sulfonamides is 1. The van der Waals surface area contributed by atoms with Gasteiger partial charge in [-0.25, -0.2) is 27.5 Å². The van der Waals surface area contributed by atoms with Gasteiger partial charge in [0.2, 0.25) is 10.0 Å². The maximum Gasteiger partial charge on any atom is 0.240 e. The molecule has 1 heterocycles. The first kappa shape index (κ1) is 20.9. The summed E-state index contributed by atoms with van der Waals surface area (Å²) in [6.45, 7) is 2.68. The molecule has 29 heavy (non-hydrogen) atoms. The SMILES string of the molecule is CCCCOc1ccc(S(=O)(=O)NCc2cc(-c3ccc(F)cc3)ncn2)cc1. The van der Waals surface area contributed by atoms with Crippen molar-refractivity contribution in [3.63, 3.8) is 0 Å². The molecule has 0 aliphatic heterocycles. The zero-order valence-electron chi connectivity index (χ0n) is 16.0. The second-order valence-corrected chi connectivity index (χ2v) is 8.17. The highest BCUT2D eigenvalue weighted by Gasteiger charge is 2.14. The number of nitrogens with one attached hydrogen (secondary N) is 1. The Bertz CT molecular complexity index is 1040. The third-order valence-corrected chi connectivity index (χ3v) is 5.62. The molecule has 0 unspecified atom stereocenters. The Balaban J connectivity index is 1.65. The molecule has 0 atom stereocenters. The van der Waals surface area contributed by atoms with Gasteiger partial charge in [-0.3, -0.25) is 0 Å². The van der Waals surface area contributed by atoms with Crippen molar-refractivity contribution in [1.82, 2.24) is 14.7 Å². The topological polar surface area (TPSA) is 81.2 Å². The van der Waals surface area contributed by atoms with E-state index in [2.05, 4.69) is 21.6 Å². The van der Waals surface area contributed by atoms with Crippen molar-refractivity contribution in [2.75, 3.05) is 6.61 Å². The normalized spacial score (nSPS) is 11.4. The molecule has 8 heteroatoms. The summed E-state index contributed by atoms with van der Waals surface area (Å²) in [5.74, 6) is 0.301. The summed E-state index contributed by atoms with van der Waals surface area (Å²) in [6.07, 6.45) is 3.33. The third kappa shape index (κ3) is 5.82. The van der Waals surface area contributed by atoms with E-state index in [0.29, 0.717) is 23.7 Å². The molecule has 2 aromatic carbocycles. The van der Waals surface area contributed by atoms with E-state index in [4.69, 9.17) is 4.74 Å². The standard InChI is InChI=1S/C21H22FN3O3S/c1-2-3-12-28-19-8-10-20(11-9-19)29(26,27)25-14-18-13-21(24-15-23-18)16-4-6-17(22)7-5-16/h4-11,13,15,25H,2-3,12,14H2,1H3. The van der Waals surface area contributed by atoms with Gasteiger partial charge in [-0.05, 0) is 61.0 Å². The summed E-state index contributed by atoms with van der Waals surface area (Å²) >= 11 is 0. The van der Waals surface area contributed by atoms with Gasteiger partial charge >= 0.3 is 0 Å². The van der Waals surface area contributed by atoms with Crippen molar-refractivity contribution in [3.05, 3.63) is 72.4 Å². The Labute approximate surface area is 169 Å². The second kappa shape index (κ2) is 9.58. The first-order valence-electron chi connectivity index (χ1n) is 9.27. The lowest BCUT2D eigenvalue weighted by Crippen LogP contribution is -2.23. The minimum absolute atomic E-state index is 0.00774. The first-order valence-corrected chi connectivity index (χ1v) is 10.8. The minimum Gasteiger partial charge on any atom is -0.494 e. The molecule has 152 valence electrons. The quantitative estimate of drug-likeness (QED) is 0.536. The van der Waals surface area contributed by atoms with Crippen LogP contribution in [0.1, 0.15) is 25.5 Å². The number of nitrogens with zero attached hydrogens (tertiary/aromatic N) is 2.